The van der Waals surface area contributed by atoms with Crippen molar-refractivity contribution >= 4 is 28.2 Å². The quantitative estimate of drug-likeness (QED) is 0.329. The molecule has 4 rings (SSSR count). The summed E-state index contributed by atoms with van der Waals surface area (Å²) in [7, 11) is 1.75. The number of thiazole rings is 1. The normalized spacial score (nSPS) is 11.7. The number of benzene rings is 2. The number of halogens is 1. The first-order chi connectivity index (χ1) is 14.2. The van der Waals surface area contributed by atoms with E-state index in [9.17, 15) is 4.39 Å². The maximum Gasteiger partial charge on any atom is 0.191 e. The number of aromatic nitrogens is 2. The van der Waals surface area contributed by atoms with E-state index in [1.54, 1.807) is 18.4 Å². The topological polar surface area (TPSA) is 65.1 Å². The fraction of sp³-hybridized carbons (Fsp3) is 0.182. The summed E-state index contributed by atoms with van der Waals surface area (Å²) in [5.41, 5.74) is 4.08. The summed E-state index contributed by atoms with van der Waals surface area (Å²) < 4.78 is 13.3. The Morgan fingerprint density at radius 1 is 1.17 bits per heavy atom. The van der Waals surface area contributed by atoms with Gasteiger partial charge < -0.3 is 15.6 Å². The molecule has 0 aliphatic carbocycles. The zero-order chi connectivity index (χ0) is 20.1. The number of aromatic amines is 1. The molecule has 0 fully saturated rings. The molecule has 0 aliphatic heterocycles. The molecule has 0 atom stereocenters. The molecule has 0 saturated heterocycles. The third kappa shape index (κ3) is 4.63. The Hall–Kier alpha value is -3.19. The van der Waals surface area contributed by atoms with Gasteiger partial charge in [0, 0.05) is 41.6 Å². The Kier molecular flexibility index (Phi) is 5.86. The van der Waals surface area contributed by atoms with Gasteiger partial charge in [-0.1, -0.05) is 30.3 Å². The van der Waals surface area contributed by atoms with Gasteiger partial charge in [-0.05, 0) is 30.2 Å². The van der Waals surface area contributed by atoms with E-state index in [1.165, 1.54) is 12.1 Å². The van der Waals surface area contributed by atoms with Crippen LogP contribution in [0.25, 0.3) is 21.5 Å². The molecule has 2 aromatic carbocycles. The van der Waals surface area contributed by atoms with Gasteiger partial charge in [-0.25, -0.2) is 9.37 Å². The molecule has 0 bridgehead atoms. The third-order valence-electron chi connectivity index (χ3n) is 4.65. The maximum absolute atomic E-state index is 13.3. The average Bonchev–Trinajstić information content (AvgIpc) is 3.38. The molecule has 0 radical (unpaired) electrons. The highest BCUT2D eigenvalue weighted by molar-refractivity contribution is 7.13. The van der Waals surface area contributed by atoms with Crippen LogP contribution in [-0.4, -0.2) is 29.5 Å². The molecule has 148 valence electrons. The van der Waals surface area contributed by atoms with Gasteiger partial charge in [-0.3, -0.25) is 4.99 Å². The van der Waals surface area contributed by atoms with Crippen LogP contribution in [0.3, 0.4) is 0 Å². The summed E-state index contributed by atoms with van der Waals surface area (Å²) in [6.07, 6.45) is 2.74. The van der Waals surface area contributed by atoms with E-state index in [2.05, 4.69) is 43.1 Å². The van der Waals surface area contributed by atoms with Crippen LogP contribution in [0.15, 0.2) is 65.1 Å². The van der Waals surface area contributed by atoms with Crippen molar-refractivity contribution in [2.24, 2.45) is 4.99 Å². The molecular weight excluding hydrogens is 385 g/mol. The summed E-state index contributed by atoms with van der Waals surface area (Å²) in [5.74, 6) is 0.497. The SMILES string of the molecule is CN=C(NCCc1c[nH]c2cc(F)ccc12)NCc1csc(-c2ccccc2)n1. The highest BCUT2D eigenvalue weighted by atomic mass is 32.1. The Morgan fingerprint density at radius 2 is 2.03 bits per heavy atom. The van der Waals surface area contributed by atoms with Gasteiger partial charge in [0.1, 0.15) is 10.8 Å². The zero-order valence-corrected chi connectivity index (χ0v) is 16.9. The molecule has 0 unspecified atom stereocenters. The molecule has 0 amide bonds. The molecule has 7 heteroatoms. The van der Waals surface area contributed by atoms with Gasteiger partial charge >= 0.3 is 0 Å². The summed E-state index contributed by atoms with van der Waals surface area (Å²) in [5, 5.41) is 10.7. The Bertz CT molecular complexity index is 1120. The van der Waals surface area contributed by atoms with E-state index in [-0.39, 0.29) is 5.82 Å². The Labute approximate surface area is 172 Å². The number of H-pyrrole nitrogens is 1. The van der Waals surface area contributed by atoms with Crippen molar-refractivity contribution < 1.29 is 4.39 Å². The van der Waals surface area contributed by atoms with Gasteiger partial charge in [0.25, 0.3) is 0 Å². The number of fused-ring (bicyclic) bond motifs is 1. The summed E-state index contributed by atoms with van der Waals surface area (Å²) in [6, 6.07) is 15.0. The first kappa shape index (κ1) is 19.1. The molecule has 0 saturated carbocycles. The number of nitrogens with one attached hydrogen (secondary N) is 3. The highest BCUT2D eigenvalue weighted by Gasteiger charge is 2.07. The Balaban J connectivity index is 1.29. The number of rotatable bonds is 6. The van der Waals surface area contributed by atoms with Crippen molar-refractivity contribution in [3.8, 4) is 10.6 Å². The summed E-state index contributed by atoms with van der Waals surface area (Å²) in [4.78, 5) is 12.1. The van der Waals surface area contributed by atoms with Crippen molar-refractivity contribution in [3.05, 3.63) is 77.2 Å². The molecule has 3 N–H and O–H groups in total. The van der Waals surface area contributed by atoms with Crippen LogP contribution in [0.4, 0.5) is 4.39 Å². The molecule has 2 heterocycles. The van der Waals surface area contributed by atoms with Gasteiger partial charge in [-0.15, -0.1) is 11.3 Å². The molecule has 2 aromatic heterocycles. The summed E-state index contributed by atoms with van der Waals surface area (Å²) >= 11 is 1.64. The number of aliphatic imine (C=N–C) groups is 1. The maximum atomic E-state index is 13.3. The van der Waals surface area contributed by atoms with Crippen LogP contribution in [-0.2, 0) is 13.0 Å². The van der Waals surface area contributed by atoms with E-state index < -0.39 is 0 Å². The van der Waals surface area contributed by atoms with Crippen LogP contribution < -0.4 is 10.6 Å². The van der Waals surface area contributed by atoms with E-state index >= 15 is 0 Å². The number of hydrogen-bond acceptors (Lipinski definition) is 3. The lowest BCUT2D eigenvalue weighted by atomic mass is 10.1. The fourth-order valence-corrected chi connectivity index (χ4v) is 4.00. The third-order valence-corrected chi connectivity index (χ3v) is 5.59. The van der Waals surface area contributed by atoms with E-state index in [1.807, 2.05) is 30.5 Å². The average molecular weight is 408 g/mol. The molecule has 29 heavy (non-hydrogen) atoms. The van der Waals surface area contributed by atoms with Gasteiger partial charge in [0.15, 0.2) is 5.96 Å². The molecule has 0 aliphatic rings. The van der Waals surface area contributed by atoms with Crippen molar-refractivity contribution in [3.63, 3.8) is 0 Å². The standard InChI is InChI=1S/C22H22FN5S/c1-24-22(25-10-9-16-12-26-20-11-17(23)7-8-19(16)20)27-13-18-14-29-21(28-18)15-5-3-2-4-6-15/h2-8,11-12,14,26H,9-10,13H2,1H3,(H2,24,25,27). The molecule has 5 nitrogen and oxygen atoms in total. The van der Waals surface area contributed by atoms with Crippen LogP contribution in [0, 0.1) is 5.82 Å². The smallest absolute Gasteiger partial charge is 0.191 e. The van der Waals surface area contributed by atoms with Gasteiger partial charge in [-0.2, -0.15) is 0 Å². The lowest BCUT2D eigenvalue weighted by Crippen LogP contribution is -2.37. The Morgan fingerprint density at radius 3 is 2.86 bits per heavy atom. The zero-order valence-electron chi connectivity index (χ0n) is 16.1. The van der Waals surface area contributed by atoms with Crippen molar-refractivity contribution in [1.29, 1.82) is 0 Å². The minimum Gasteiger partial charge on any atom is -0.361 e. The lowest BCUT2D eigenvalue weighted by molar-refractivity contribution is 0.629. The second kappa shape index (κ2) is 8.87. The van der Waals surface area contributed by atoms with Gasteiger partial charge in [0.2, 0.25) is 0 Å². The minimum atomic E-state index is -0.230. The van der Waals surface area contributed by atoms with Crippen LogP contribution >= 0.6 is 11.3 Å². The van der Waals surface area contributed by atoms with E-state index in [4.69, 9.17) is 0 Å². The molecule has 4 aromatic rings. The number of hydrogen-bond donors (Lipinski definition) is 3. The number of nitrogens with zero attached hydrogens (tertiary/aromatic N) is 2. The van der Waals surface area contributed by atoms with Gasteiger partial charge in [0.05, 0.1) is 12.2 Å². The van der Waals surface area contributed by atoms with E-state index in [0.29, 0.717) is 6.54 Å². The first-order valence-corrected chi connectivity index (χ1v) is 10.3. The largest absolute Gasteiger partial charge is 0.361 e. The fourth-order valence-electron chi connectivity index (χ4n) is 3.18. The van der Waals surface area contributed by atoms with Crippen LogP contribution in [0.5, 0.6) is 0 Å². The first-order valence-electron chi connectivity index (χ1n) is 9.43. The van der Waals surface area contributed by atoms with Crippen LogP contribution in [0.1, 0.15) is 11.3 Å². The lowest BCUT2D eigenvalue weighted by Gasteiger charge is -2.10. The van der Waals surface area contributed by atoms with E-state index in [0.717, 1.165) is 51.7 Å². The predicted molar refractivity (Wildman–Crippen MR) is 118 cm³/mol. The predicted octanol–water partition coefficient (Wildman–Crippen LogP) is 4.34. The molecular formula is C22H22FN5S. The van der Waals surface area contributed by atoms with Crippen molar-refractivity contribution in [2.45, 2.75) is 13.0 Å². The minimum absolute atomic E-state index is 0.230. The monoisotopic (exact) mass is 407 g/mol. The highest BCUT2D eigenvalue weighted by Crippen LogP contribution is 2.23. The number of guanidine groups is 1. The van der Waals surface area contributed by atoms with Crippen molar-refractivity contribution in [2.75, 3.05) is 13.6 Å². The second-order valence-electron chi connectivity index (χ2n) is 6.62. The summed E-state index contributed by atoms with van der Waals surface area (Å²) in [6.45, 7) is 1.33. The van der Waals surface area contributed by atoms with Crippen molar-refractivity contribution in [1.82, 2.24) is 20.6 Å². The van der Waals surface area contributed by atoms with Crippen LogP contribution in [0.2, 0.25) is 0 Å². The second-order valence-corrected chi connectivity index (χ2v) is 7.47. The molecule has 0 spiro atoms.